The Labute approximate surface area is 90.1 Å². The summed E-state index contributed by atoms with van der Waals surface area (Å²) in [5.41, 5.74) is 1.02. The molecule has 4 heteroatoms. The van der Waals surface area contributed by atoms with E-state index in [1.54, 1.807) is 17.1 Å². The summed E-state index contributed by atoms with van der Waals surface area (Å²) in [6.07, 6.45) is 1.88. The highest BCUT2D eigenvalue weighted by molar-refractivity contribution is 9.11. The van der Waals surface area contributed by atoms with E-state index in [4.69, 9.17) is 9.84 Å². The molecule has 0 spiro atoms. The van der Waals surface area contributed by atoms with E-state index in [2.05, 4.69) is 15.9 Å². The Bertz CT molecular complexity index is 330. The van der Waals surface area contributed by atoms with E-state index < -0.39 is 5.97 Å². The number of carbonyl (C=O) groups is 1. The average molecular weight is 257 g/mol. The minimum absolute atomic E-state index is 0.312. The fraction of sp³-hybridized carbons (Fsp3) is 0.100. The SMILES string of the molecule is O=C(O)COc1ccc(/C=C/Br)cc1. The van der Waals surface area contributed by atoms with Crippen molar-refractivity contribution in [1.29, 1.82) is 0 Å². The molecule has 0 amide bonds. The molecule has 0 unspecified atom stereocenters. The Kier molecular flexibility index (Phi) is 4.19. The van der Waals surface area contributed by atoms with Gasteiger partial charge >= 0.3 is 5.97 Å². The molecule has 1 N–H and O–H groups in total. The van der Waals surface area contributed by atoms with Crippen molar-refractivity contribution < 1.29 is 14.6 Å². The van der Waals surface area contributed by atoms with Crippen LogP contribution in [0.3, 0.4) is 0 Å². The molecular weight excluding hydrogens is 248 g/mol. The smallest absolute Gasteiger partial charge is 0.341 e. The highest BCUT2D eigenvalue weighted by Gasteiger charge is 1.97. The van der Waals surface area contributed by atoms with Crippen molar-refractivity contribution in [2.75, 3.05) is 6.61 Å². The minimum atomic E-state index is -0.977. The van der Waals surface area contributed by atoms with E-state index in [9.17, 15) is 4.79 Å². The molecular formula is C10H9BrO3. The Hall–Kier alpha value is -1.29. The highest BCUT2D eigenvalue weighted by atomic mass is 79.9. The lowest BCUT2D eigenvalue weighted by molar-refractivity contribution is -0.139. The van der Waals surface area contributed by atoms with Gasteiger partial charge in [0, 0.05) is 0 Å². The maximum atomic E-state index is 10.2. The highest BCUT2D eigenvalue weighted by Crippen LogP contribution is 2.13. The van der Waals surface area contributed by atoms with E-state index >= 15 is 0 Å². The molecule has 0 aliphatic heterocycles. The summed E-state index contributed by atoms with van der Waals surface area (Å²) in [5.74, 6) is -0.423. The van der Waals surface area contributed by atoms with Gasteiger partial charge in [-0.3, -0.25) is 0 Å². The van der Waals surface area contributed by atoms with Crippen LogP contribution in [0.1, 0.15) is 5.56 Å². The zero-order chi connectivity index (χ0) is 10.4. The van der Waals surface area contributed by atoms with Gasteiger partial charge in [0.05, 0.1) is 0 Å². The fourth-order valence-corrected chi connectivity index (χ4v) is 1.20. The lowest BCUT2D eigenvalue weighted by atomic mass is 10.2. The van der Waals surface area contributed by atoms with Crippen LogP contribution in [0.4, 0.5) is 0 Å². The maximum absolute atomic E-state index is 10.2. The Balaban J connectivity index is 2.59. The number of benzene rings is 1. The third kappa shape index (κ3) is 3.62. The molecule has 0 aromatic heterocycles. The number of hydrogen-bond donors (Lipinski definition) is 1. The van der Waals surface area contributed by atoms with Gasteiger partial charge in [-0.1, -0.05) is 28.1 Å². The summed E-state index contributed by atoms with van der Waals surface area (Å²) in [6.45, 7) is -0.312. The van der Waals surface area contributed by atoms with Crippen LogP contribution in [-0.2, 0) is 4.79 Å². The average Bonchev–Trinajstić information content (AvgIpc) is 2.17. The molecule has 0 aliphatic rings. The number of rotatable bonds is 4. The second-order valence-electron chi connectivity index (χ2n) is 2.54. The monoisotopic (exact) mass is 256 g/mol. The van der Waals surface area contributed by atoms with Crippen LogP contribution in [0, 0.1) is 0 Å². The first-order valence-electron chi connectivity index (χ1n) is 3.94. The molecule has 1 aromatic carbocycles. The van der Waals surface area contributed by atoms with Gasteiger partial charge in [0.15, 0.2) is 6.61 Å². The molecule has 1 aromatic rings. The summed E-state index contributed by atoms with van der Waals surface area (Å²) in [7, 11) is 0. The first-order chi connectivity index (χ1) is 6.72. The molecule has 0 saturated heterocycles. The zero-order valence-electron chi connectivity index (χ0n) is 7.31. The first-order valence-corrected chi connectivity index (χ1v) is 4.85. The summed E-state index contributed by atoms with van der Waals surface area (Å²) in [6, 6.07) is 7.14. The van der Waals surface area contributed by atoms with E-state index in [1.807, 2.05) is 18.2 Å². The van der Waals surface area contributed by atoms with Gasteiger partial charge in [-0.15, -0.1) is 0 Å². The second kappa shape index (κ2) is 5.44. The predicted octanol–water partition coefficient (Wildman–Crippen LogP) is 2.52. The molecule has 0 heterocycles. The number of carboxylic acid groups (broad SMARTS) is 1. The molecule has 0 fully saturated rings. The van der Waals surface area contributed by atoms with Crippen molar-refractivity contribution >= 4 is 28.0 Å². The molecule has 1 rings (SSSR count). The van der Waals surface area contributed by atoms with Crippen LogP contribution < -0.4 is 4.74 Å². The standard InChI is InChI=1S/C10H9BrO3/c11-6-5-8-1-3-9(4-2-8)14-7-10(12)13/h1-6H,7H2,(H,12,13)/b6-5+. The maximum Gasteiger partial charge on any atom is 0.341 e. The summed E-state index contributed by atoms with van der Waals surface area (Å²) in [4.78, 5) is 11.9. The van der Waals surface area contributed by atoms with E-state index in [1.165, 1.54) is 0 Å². The normalized spacial score (nSPS) is 10.4. The van der Waals surface area contributed by atoms with Crippen molar-refractivity contribution in [3.63, 3.8) is 0 Å². The molecule has 3 nitrogen and oxygen atoms in total. The molecule has 0 radical (unpaired) electrons. The summed E-state index contributed by atoms with van der Waals surface area (Å²) in [5, 5.41) is 8.37. The predicted molar refractivity (Wildman–Crippen MR) is 57.5 cm³/mol. The van der Waals surface area contributed by atoms with Crippen LogP contribution in [-0.4, -0.2) is 17.7 Å². The largest absolute Gasteiger partial charge is 0.482 e. The van der Waals surface area contributed by atoms with Gasteiger partial charge < -0.3 is 9.84 Å². The topological polar surface area (TPSA) is 46.5 Å². The number of hydrogen-bond acceptors (Lipinski definition) is 2. The van der Waals surface area contributed by atoms with Crippen LogP contribution in [0.25, 0.3) is 6.08 Å². The molecule has 14 heavy (non-hydrogen) atoms. The van der Waals surface area contributed by atoms with Crippen molar-refractivity contribution in [2.45, 2.75) is 0 Å². The van der Waals surface area contributed by atoms with E-state index in [0.29, 0.717) is 5.75 Å². The van der Waals surface area contributed by atoms with E-state index in [0.717, 1.165) is 5.56 Å². The molecule has 74 valence electrons. The number of carboxylic acids is 1. The van der Waals surface area contributed by atoms with Crippen LogP contribution in [0.5, 0.6) is 5.75 Å². The van der Waals surface area contributed by atoms with Crippen molar-refractivity contribution in [3.05, 3.63) is 34.8 Å². The molecule has 0 bridgehead atoms. The van der Waals surface area contributed by atoms with Crippen molar-refractivity contribution in [3.8, 4) is 5.75 Å². The number of aliphatic carboxylic acids is 1. The Morgan fingerprint density at radius 1 is 1.43 bits per heavy atom. The first kappa shape index (κ1) is 10.8. The van der Waals surface area contributed by atoms with Gasteiger partial charge in [-0.2, -0.15) is 0 Å². The van der Waals surface area contributed by atoms with Gasteiger partial charge in [0.1, 0.15) is 5.75 Å². The quantitative estimate of drug-likeness (QED) is 0.901. The van der Waals surface area contributed by atoms with Crippen LogP contribution >= 0.6 is 15.9 Å². The van der Waals surface area contributed by atoms with Crippen LogP contribution in [0.2, 0.25) is 0 Å². The fourth-order valence-electron chi connectivity index (χ4n) is 0.893. The number of halogens is 1. The second-order valence-corrected chi connectivity index (χ2v) is 3.07. The van der Waals surface area contributed by atoms with Crippen LogP contribution in [0.15, 0.2) is 29.3 Å². The molecule has 0 atom stereocenters. The summed E-state index contributed by atoms with van der Waals surface area (Å²) >= 11 is 3.16. The van der Waals surface area contributed by atoms with Gasteiger partial charge in [0.2, 0.25) is 0 Å². The third-order valence-corrected chi connectivity index (χ3v) is 1.76. The van der Waals surface area contributed by atoms with Gasteiger partial charge in [-0.25, -0.2) is 4.79 Å². The van der Waals surface area contributed by atoms with Crippen molar-refractivity contribution in [2.24, 2.45) is 0 Å². The number of ether oxygens (including phenoxy) is 1. The Morgan fingerprint density at radius 2 is 2.07 bits per heavy atom. The van der Waals surface area contributed by atoms with Crippen molar-refractivity contribution in [1.82, 2.24) is 0 Å². The van der Waals surface area contributed by atoms with Gasteiger partial charge in [0.25, 0.3) is 0 Å². The lowest BCUT2D eigenvalue weighted by Gasteiger charge is -2.02. The minimum Gasteiger partial charge on any atom is -0.482 e. The summed E-state index contributed by atoms with van der Waals surface area (Å²) < 4.78 is 4.97. The van der Waals surface area contributed by atoms with Gasteiger partial charge in [-0.05, 0) is 28.8 Å². The molecule has 0 saturated carbocycles. The molecule has 0 aliphatic carbocycles. The third-order valence-electron chi connectivity index (χ3n) is 1.50. The van der Waals surface area contributed by atoms with E-state index in [-0.39, 0.29) is 6.61 Å². The lowest BCUT2D eigenvalue weighted by Crippen LogP contribution is -2.09. The zero-order valence-corrected chi connectivity index (χ0v) is 8.90. The Morgan fingerprint density at radius 3 is 2.57 bits per heavy atom.